The normalized spacial score (nSPS) is 10.6. The van der Waals surface area contributed by atoms with Gasteiger partial charge in [-0.3, -0.25) is 9.59 Å². The minimum Gasteiger partial charge on any atom is -0.288 e. The van der Waals surface area contributed by atoms with Gasteiger partial charge in [0.25, 0.3) is 0 Å². The van der Waals surface area contributed by atoms with Gasteiger partial charge < -0.3 is 0 Å². The first-order chi connectivity index (χ1) is 9.38. The lowest BCUT2D eigenvalue weighted by atomic mass is 10.2. The SMILES string of the molecule is Cc1cc(=O)c(CC(=O)Cl)nn1-c1ccc(F)c(F)c1. The van der Waals surface area contributed by atoms with Crippen LogP contribution in [0.25, 0.3) is 5.69 Å². The van der Waals surface area contributed by atoms with Gasteiger partial charge >= 0.3 is 0 Å². The van der Waals surface area contributed by atoms with E-state index in [9.17, 15) is 18.4 Å². The number of carbonyl (C=O) groups is 1. The van der Waals surface area contributed by atoms with Crippen LogP contribution in [-0.2, 0) is 11.2 Å². The van der Waals surface area contributed by atoms with E-state index in [2.05, 4.69) is 5.10 Å². The molecule has 0 N–H and O–H groups in total. The molecule has 1 aromatic carbocycles. The molecule has 0 radical (unpaired) electrons. The highest BCUT2D eigenvalue weighted by Gasteiger charge is 2.12. The molecule has 0 fully saturated rings. The van der Waals surface area contributed by atoms with Gasteiger partial charge in [-0.1, -0.05) is 0 Å². The molecule has 4 nitrogen and oxygen atoms in total. The van der Waals surface area contributed by atoms with Crippen LogP contribution in [0, 0.1) is 18.6 Å². The van der Waals surface area contributed by atoms with E-state index in [4.69, 9.17) is 11.6 Å². The molecule has 0 aliphatic rings. The highest BCUT2D eigenvalue weighted by Crippen LogP contribution is 2.13. The third kappa shape index (κ3) is 2.91. The fraction of sp³-hybridized carbons (Fsp3) is 0.154. The molecule has 1 heterocycles. The third-order valence-corrected chi connectivity index (χ3v) is 2.77. The van der Waals surface area contributed by atoms with E-state index in [1.54, 1.807) is 6.92 Å². The molecule has 2 aromatic rings. The van der Waals surface area contributed by atoms with Crippen LogP contribution in [0.15, 0.2) is 29.1 Å². The second-order valence-corrected chi connectivity index (χ2v) is 4.56. The van der Waals surface area contributed by atoms with Crippen LogP contribution < -0.4 is 5.43 Å². The number of aryl methyl sites for hydroxylation is 1. The Morgan fingerprint density at radius 3 is 2.60 bits per heavy atom. The molecule has 0 amide bonds. The number of hydrogen-bond donors (Lipinski definition) is 0. The van der Waals surface area contributed by atoms with Gasteiger partial charge in [0.1, 0.15) is 5.69 Å². The molecule has 7 heteroatoms. The predicted octanol–water partition coefficient (Wildman–Crippen LogP) is 2.13. The van der Waals surface area contributed by atoms with Gasteiger partial charge in [0, 0.05) is 17.8 Å². The van der Waals surface area contributed by atoms with Crippen molar-refractivity contribution in [3.63, 3.8) is 0 Å². The number of halogens is 3. The zero-order valence-electron chi connectivity index (χ0n) is 10.4. The van der Waals surface area contributed by atoms with Crippen molar-refractivity contribution in [3.05, 3.63) is 57.5 Å². The molecule has 0 unspecified atom stereocenters. The van der Waals surface area contributed by atoms with E-state index in [0.29, 0.717) is 5.69 Å². The number of benzene rings is 1. The van der Waals surface area contributed by atoms with Crippen LogP contribution in [0.2, 0.25) is 0 Å². The number of aromatic nitrogens is 2. The summed E-state index contributed by atoms with van der Waals surface area (Å²) in [5.41, 5.74) is 0.173. The molecular weight excluding hydrogens is 290 g/mol. The molecule has 104 valence electrons. The third-order valence-electron chi connectivity index (χ3n) is 2.63. The summed E-state index contributed by atoms with van der Waals surface area (Å²) in [6.45, 7) is 1.59. The molecule has 0 saturated heterocycles. The summed E-state index contributed by atoms with van der Waals surface area (Å²) in [6, 6.07) is 4.47. The summed E-state index contributed by atoms with van der Waals surface area (Å²) in [6.07, 6.45) is -0.329. The van der Waals surface area contributed by atoms with Crippen molar-refractivity contribution in [3.8, 4) is 5.69 Å². The Balaban J connectivity index is 2.58. The number of hydrogen-bond acceptors (Lipinski definition) is 3. The Labute approximate surface area is 117 Å². The van der Waals surface area contributed by atoms with Crippen LogP contribution in [-0.4, -0.2) is 15.0 Å². The summed E-state index contributed by atoms with van der Waals surface area (Å²) < 4.78 is 27.4. The van der Waals surface area contributed by atoms with Crippen LogP contribution in [0.1, 0.15) is 11.4 Å². The summed E-state index contributed by atoms with van der Waals surface area (Å²) >= 11 is 5.23. The van der Waals surface area contributed by atoms with E-state index in [1.165, 1.54) is 16.8 Å². The maximum atomic E-state index is 13.2. The van der Waals surface area contributed by atoms with Gasteiger partial charge in [-0.05, 0) is 30.7 Å². The lowest BCUT2D eigenvalue weighted by Crippen LogP contribution is -2.20. The standard InChI is InChI=1S/C13H9ClF2N2O2/c1-7-4-12(19)11(6-13(14)20)17-18(7)8-2-3-9(15)10(16)5-8/h2-5H,6H2,1H3. The van der Waals surface area contributed by atoms with Crippen LogP contribution in [0.4, 0.5) is 8.78 Å². The van der Waals surface area contributed by atoms with Crippen molar-refractivity contribution in [2.75, 3.05) is 0 Å². The lowest BCUT2D eigenvalue weighted by molar-refractivity contribution is -0.111. The average molecular weight is 299 g/mol. The summed E-state index contributed by atoms with van der Waals surface area (Å²) in [5.74, 6) is -2.01. The minimum atomic E-state index is -1.03. The zero-order chi connectivity index (χ0) is 14.9. The maximum Gasteiger partial charge on any atom is 0.227 e. The smallest absolute Gasteiger partial charge is 0.227 e. The van der Waals surface area contributed by atoms with E-state index < -0.39 is 22.3 Å². The molecule has 0 saturated carbocycles. The molecule has 0 aliphatic carbocycles. The van der Waals surface area contributed by atoms with E-state index in [1.807, 2.05) is 0 Å². The Kier molecular flexibility index (Phi) is 3.94. The molecule has 0 aliphatic heterocycles. The molecule has 0 bridgehead atoms. The Hall–Kier alpha value is -2.08. The topological polar surface area (TPSA) is 52.0 Å². The molecule has 0 spiro atoms. The Bertz CT molecular complexity index is 744. The first kappa shape index (κ1) is 14.3. The number of nitrogens with zero attached hydrogens (tertiary/aromatic N) is 2. The second-order valence-electron chi connectivity index (χ2n) is 4.14. The largest absolute Gasteiger partial charge is 0.288 e. The quantitative estimate of drug-likeness (QED) is 0.816. The van der Waals surface area contributed by atoms with E-state index in [0.717, 1.165) is 12.1 Å². The Morgan fingerprint density at radius 1 is 1.30 bits per heavy atom. The van der Waals surface area contributed by atoms with Gasteiger partial charge in [0.15, 0.2) is 11.6 Å². The van der Waals surface area contributed by atoms with Gasteiger partial charge in [-0.15, -0.1) is 0 Å². The maximum absolute atomic E-state index is 13.2. The fourth-order valence-electron chi connectivity index (χ4n) is 1.72. The van der Waals surface area contributed by atoms with Gasteiger partial charge in [-0.2, -0.15) is 5.10 Å². The van der Waals surface area contributed by atoms with Crippen molar-refractivity contribution >= 4 is 16.8 Å². The number of rotatable bonds is 3. The zero-order valence-corrected chi connectivity index (χ0v) is 11.1. The van der Waals surface area contributed by atoms with Crippen molar-refractivity contribution in [1.29, 1.82) is 0 Å². The second kappa shape index (κ2) is 5.50. The monoisotopic (exact) mass is 298 g/mol. The van der Waals surface area contributed by atoms with Crippen molar-refractivity contribution in [2.24, 2.45) is 0 Å². The summed E-state index contributed by atoms with van der Waals surface area (Å²) in [5, 5.41) is 3.24. The molecule has 20 heavy (non-hydrogen) atoms. The highest BCUT2D eigenvalue weighted by molar-refractivity contribution is 6.63. The molecule has 0 atom stereocenters. The predicted molar refractivity (Wildman–Crippen MR) is 69.1 cm³/mol. The lowest BCUT2D eigenvalue weighted by Gasteiger charge is -2.10. The van der Waals surface area contributed by atoms with Crippen molar-refractivity contribution in [2.45, 2.75) is 13.3 Å². The first-order valence-electron chi connectivity index (χ1n) is 5.62. The van der Waals surface area contributed by atoms with Crippen LogP contribution in [0.3, 0.4) is 0 Å². The molecule has 1 aromatic heterocycles. The molecule has 2 rings (SSSR count). The minimum absolute atomic E-state index is 0.0552. The van der Waals surface area contributed by atoms with E-state index in [-0.39, 0.29) is 17.8 Å². The van der Waals surface area contributed by atoms with Gasteiger partial charge in [0.05, 0.1) is 12.1 Å². The van der Waals surface area contributed by atoms with Crippen molar-refractivity contribution in [1.82, 2.24) is 9.78 Å². The summed E-state index contributed by atoms with van der Waals surface area (Å²) in [7, 11) is 0. The van der Waals surface area contributed by atoms with Crippen molar-refractivity contribution < 1.29 is 13.6 Å². The average Bonchev–Trinajstić information content (AvgIpc) is 2.36. The van der Waals surface area contributed by atoms with Crippen LogP contribution >= 0.6 is 11.6 Å². The van der Waals surface area contributed by atoms with Gasteiger partial charge in [0.2, 0.25) is 10.7 Å². The fourth-order valence-corrected chi connectivity index (χ4v) is 1.84. The van der Waals surface area contributed by atoms with Crippen LogP contribution in [0.5, 0.6) is 0 Å². The van der Waals surface area contributed by atoms with E-state index >= 15 is 0 Å². The number of carbonyl (C=O) groups excluding carboxylic acids is 1. The summed E-state index contributed by atoms with van der Waals surface area (Å²) in [4.78, 5) is 22.5. The Morgan fingerprint density at radius 2 is 2.00 bits per heavy atom. The first-order valence-corrected chi connectivity index (χ1v) is 6.00. The molecular formula is C13H9ClF2N2O2. The van der Waals surface area contributed by atoms with Gasteiger partial charge in [-0.25, -0.2) is 13.5 Å². The highest BCUT2D eigenvalue weighted by atomic mass is 35.5.